The summed E-state index contributed by atoms with van der Waals surface area (Å²) in [6.45, 7) is 0.675. The van der Waals surface area contributed by atoms with Crippen molar-refractivity contribution in [3.8, 4) is 0 Å². The van der Waals surface area contributed by atoms with E-state index in [-0.39, 0.29) is 18.3 Å². The van der Waals surface area contributed by atoms with Crippen LogP contribution in [-0.2, 0) is 13.1 Å². The second-order valence-electron chi connectivity index (χ2n) is 4.22. The van der Waals surface area contributed by atoms with Gasteiger partial charge in [-0.05, 0) is 34.5 Å². The average molecular weight is 294 g/mol. The Morgan fingerprint density at radius 1 is 1.40 bits per heavy atom. The zero-order chi connectivity index (χ0) is 14.5. The smallest absolute Gasteiger partial charge is 0.371 e. The van der Waals surface area contributed by atoms with E-state index in [0.717, 1.165) is 5.56 Å². The summed E-state index contributed by atoms with van der Waals surface area (Å²) in [4.78, 5) is 24.0. The van der Waals surface area contributed by atoms with Gasteiger partial charge in [0, 0.05) is 13.6 Å². The minimum absolute atomic E-state index is 0.138. The molecule has 2 heterocycles. The fourth-order valence-electron chi connectivity index (χ4n) is 1.61. The lowest BCUT2D eigenvalue weighted by Crippen LogP contribution is -2.36. The summed E-state index contributed by atoms with van der Waals surface area (Å²) in [7, 11) is 1.69. The first kappa shape index (κ1) is 14.1. The normalized spacial score (nSPS) is 10.2. The molecule has 0 atom stereocenters. The second kappa shape index (κ2) is 6.25. The summed E-state index contributed by atoms with van der Waals surface area (Å²) in [6, 6.07) is 4.60. The lowest BCUT2D eigenvalue weighted by Gasteiger charge is -2.16. The second-order valence-corrected chi connectivity index (χ2v) is 5.00. The first-order valence-electron chi connectivity index (χ1n) is 5.88. The molecule has 7 heteroatoms. The number of nitrogens with zero attached hydrogens (tertiary/aromatic N) is 1. The molecule has 0 saturated heterocycles. The number of amides is 2. The van der Waals surface area contributed by atoms with Crippen molar-refractivity contribution in [2.24, 2.45) is 0 Å². The summed E-state index contributed by atoms with van der Waals surface area (Å²) in [5, 5.41) is 15.3. The van der Waals surface area contributed by atoms with Crippen molar-refractivity contribution in [2.45, 2.75) is 13.1 Å². The predicted octanol–water partition coefficient (Wildman–Crippen LogP) is 2.38. The van der Waals surface area contributed by atoms with Gasteiger partial charge in [-0.3, -0.25) is 0 Å². The summed E-state index contributed by atoms with van der Waals surface area (Å²) < 4.78 is 5.05. The SMILES string of the molecule is CN(Cc1ccsc1)C(=O)NCc1ccc(C(=O)O)o1. The van der Waals surface area contributed by atoms with Crippen molar-refractivity contribution in [3.05, 3.63) is 46.0 Å². The summed E-state index contributed by atoms with van der Waals surface area (Å²) in [6.07, 6.45) is 0. The molecule has 6 nitrogen and oxygen atoms in total. The minimum Gasteiger partial charge on any atom is -0.475 e. The molecule has 0 aliphatic carbocycles. The van der Waals surface area contributed by atoms with Crippen LogP contribution in [-0.4, -0.2) is 29.1 Å². The maximum Gasteiger partial charge on any atom is 0.371 e. The van der Waals surface area contributed by atoms with E-state index in [1.807, 2.05) is 16.8 Å². The van der Waals surface area contributed by atoms with Crippen LogP contribution < -0.4 is 5.32 Å². The number of aromatic carboxylic acids is 1. The van der Waals surface area contributed by atoms with Gasteiger partial charge in [-0.15, -0.1) is 0 Å². The van der Waals surface area contributed by atoms with E-state index in [0.29, 0.717) is 12.3 Å². The molecule has 0 fully saturated rings. The fourth-order valence-corrected chi connectivity index (χ4v) is 2.27. The molecule has 0 unspecified atom stereocenters. The Hall–Kier alpha value is -2.28. The van der Waals surface area contributed by atoms with E-state index < -0.39 is 5.97 Å². The first-order chi connectivity index (χ1) is 9.56. The molecule has 0 aliphatic heterocycles. The van der Waals surface area contributed by atoms with Gasteiger partial charge in [0.15, 0.2) is 0 Å². The predicted molar refractivity (Wildman–Crippen MR) is 73.7 cm³/mol. The monoisotopic (exact) mass is 294 g/mol. The highest BCUT2D eigenvalue weighted by atomic mass is 32.1. The number of thiophene rings is 1. The topological polar surface area (TPSA) is 82.8 Å². The van der Waals surface area contributed by atoms with Gasteiger partial charge in [-0.2, -0.15) is 11.3 Å². The van der Waals surface area contributed by atoms with Gasteiger partial charge >= 0.3 is 12.0 Å². The maximum absolute atomic E-state index is 11.8. The van der Waals surface area contributed by atoms with Crippen LogP contribution in [0.3, 0.4) is 0 Å². The largest absolute Gasteiger partial charge is 0.475 e. The van der Waals surface area contributed by atoms with Gasteiger partial charge in [-0.25, -0.2) is 9.59 Å². The maximum atomic E-state index is 11.8. The molecule has 0 bridgehead atoms. The number of furan rings is 1. The van der Waals surface area contributed by atoms with Crippen molar-refractivity contribution < 1.29 is 19.1 Å². The van der Waals surface area contributed by atoms with Gasteiger partial charge in [0.2, 0.25) is 5.76 Å². The van der Waals surface area contributed by atoms with Crippen LogP contribution in [0.25, 0.3) is 0 Å². The van der Waals surface area contributed by atoms with E-state index in [1.54, 1.807) is 23.3 Å². The Morgan fingerprint density at radius 3 is 2.80 bits per heavy atom. The molecular weight excluding hydrogens is 280 g/mol. The van der Waals surface area contributed by atoms with Crippen LogP contribution in [0.4, 0.5) is 4.79 Å². The molecular formula is C13H14N2O4S. The third-order valence-corrected chi connectivity index (χ3v) is 3.36. The summed E-state index contributed by atoms with van der Waals surface area (Å²) in [5.41, 5.74) is 1.07. The molecule has 0 aromatic carbocycles. The standard InChI is InChI=1S/C13H14N2O4S/c1-15(7-9-4-5-20-8-9)13(18)14-6-10-2-3-11(19-10)12(16)17/h2-5,8H,6-7H2,1H3,(H,14,18)(H,16,17). The third kappa shape index (κ3) is 3.61. The van der Waals surface area contributed by atoms with Gasteiger partial charge in [0.25, 0.3) is 0 Å². The van der Waals surface area contributed by atoms with Crippen molar-refractivity contribution >= 4 is 23.3 Å². The number of carbonyl (C=O) groups excluding carboxylic acids is 1. The van der Waals surface area contributed by atoms with E-state index in [4.69, 9.17) is 9.52 Å². The van der Waals surface area contributed by atoms with Crippen LogP contribution in [0.1, 0.15) is 21.9 Å². The molecule has 2 rings (SSSR count). The van der Waals surface area contributed by atoms with E-state index in [1.165, 1.54) is 12.1 Å². The number of nitrogens with one attached hydrogen (secondary N) is 1. The number of rotatable bonds is 5. The number of hydrogen-bond donors (Lipinski definition) is 2. The van der Waals surface area contributed by atoms with E-state index in [9.17, 15) is 9.59 Å². The van der Waals surface area contributed by atoms with Crippen LogP contribution >= 0.6 is 11.3 Å². The Morgan fingerprint density at radius 2 is 2.20 bits per heavy atom. The molecule has 2 N–H and O–H groups in total. The highest BCUT2D eigenvalue weighted by Gasteiger charge is 2.12. The van der Waals surface area contributed by atoms with Crippen LogP contribution in [0, 0.1) is 0 Å². The summed E-state index contributed by atoms with van der Waals surface area (Å²) in [5.74, 6) is -0.863. The van der Waals surface area contributed by atoms with Gasteiger partial charge in [0.05, 0.1) is 6.54 Å². The first-order valence-corrected chi connectivity index (χ1v) is 6.82. The van der Waals surface area contributed by atoms with E-state index in [2.05, 4.69) is 5.32 Å². The van der Waals surface area contributed by atoms with Crippen molar-refractivity contribution in [2.75, 3.05) is 7.05 Å². The van der Waals surface area contributed by atoms with Gasteiger partial charge < -0.3 is 19.7 Å². The Labute approximate surface area is 119 Å². The zero-order valence-electron chi connectivity index (χ0n) is 10.8. The number of carboxylic acid groups (broad SMARTS) is 1. The highest BCUT2D eigenvalue weighted by molar-refractivity contribution is 7.07. The van der Waals surface area contributed by atoms with Crippen LogP contribution in [0.15, 0.2) is 33.4 Å². The fraction of sp³-hybridized carbons (Fsp3) is 0.231. The van der Waals surface area contributed by atoms with Gasteiger partial charge in [-0.1, -0.05) is 0 Å². The van der Waals surface area contributed by atoms with E-state index >= 15 is 0 Å². The highest BCUT2D eigenvalue weighted by Crippen LogP contribution is 2.09. The van der Waals surface area contributed by atoms with Gasteiger partial charge in [0.1, 0.15) is 5.76 Å². The van der Waals surface area contributed by atoms with Crippen molar-refractivity contribution in [1.29, 1.82) is 0 Å². The number of hydrogen-bond acceptors (Lipinski definition) is 4. The quantitative estimate of drug-likeness (QED) is 0.887. The lowest BCUT2D eigenvalue weighted by molar-refractivity contribution is 0.0660. The molecule has 2 amide bonds. The van der Waals surface area contributed by atoms with Crippen molar-refractivity contribution in [3.63, 3.8) is 0 Å². The van der Waals surface area contributed by atoms with Crippen LogP contribution in [0.5, 0.6) is 0 Å². The minimum atomic E-state index is -1.13. The molecule has 2 aromatic rings. The molecule has 2 aromatic heterocycles. The Balaban J connectivity index is 1.83. The third-order valence-electron chi connectivity index (χ3n) is 2.63. The summed E-state index contributed by atoms with van der Waals surface area (Å²) >= 11 is 1.58. The average Bonchev–Trinajstić information content (AvgIpc) is 3.06. The number of urea groups is 1. The molecule has 0 aliphatic rings. The van der Waals surface area contributed by atoms with Crippen LogP contribution in [0.2, 0.25) is 0 Å². The molecule has 20 heavy (non-hydrogen) atoms. The number of carboxylic acids is 1. The zero-order valence-corrected chi connectivity index (χ0v) is 11.6. The molecule has 0 spiro atoms. The molecule has 106 valence electrons. The Bertz CT molecular complexity index is 591. The Kier molecular flexibility index (Phi) is 4.41. The molecule has 0 radical (unpaired) electrons. The molecule has 0 saturated carbocycles. The van der Waals surface area contributed by atoms with Crippen molar-refractivity contribution in [1.82, 2.24) is 10.2 Å². The number of carbonyl (C=O) groups is 2. The lowest BCUT2D eigenvalue weighted by atomic mass is 10.3.